The van der Waals surface area contributed by atoms with E-state index in [1.807, 2.05) is 18.2 Å². The highest BCUT2D eigenvalue weighted by molar-refractivity contribution is 5.99. The molecule has 0 radical (unpaired) electrons. The minimum Gasteiger partial charge on any atom is -0.508 e. The molecular weight excluding hydrogens is 434 g/mol. The second-order valence-electron chi connectivity index (χ2n) is 8.11. The van der Waals surface area contributed by atoms with Crippen LogP contribution in [0, 0.1) is 0 Å². The first kappa shape index (κ1) is 21.6. The van der Waals surface area contributed by atoms with Crippen LogP contribution in [0.1, 0.15) is 33.3 Å². The lowest BCUT2D eigenvalue weighted by atomic mass is 9.98. The van der Waals surface area contributed by atoms with E-state index in [-0.39, 0.29) is 22.8 Å². The van der Waals surface area contributed by atoms with Crippen molar-refractivity contribution in [3.05, 3.63) is 99.4 Å². The van der Waals surface area contributed by atoms with Crippen LogP contribution in [0.4, 0.5) is 0 Å². The number of hydrogen-bond donors (Lipinski definition) is 1. The third-order valence-corrected chi connectivity index (χ3v) is 6.15. The number of aromatic hydroxyl groups is 1. The molecule has 1 atom stereocenters. The Kier molecular flexibility index (Phi) is 5.45. The van der Waals surface area contributed by atoms with E-state index in [0.717, 1.165) is 5.56 Å². The molecule has 1 N–H and O–H groups in total. The third kappa shape index (κ3) is 3.55. The molecule has 7 heteroatoms. The molecule has 4 aromatic rings. The summed E-state index contributed by atoms with van der Waals surface area (Å²) in [6.07, 6.45) is 0.517. The van der Waals surface area contributed by atoms with Crippen molar-refractivity contribution in [2.45, 2.75) is 12.5 Å². The van der Waals surface area contributed by atoms with Gasteiger partial charge in [0.25, 0.3) is 5.91 Å². The number of rotatable bonds is 6. The van der Waals surface area contributed by atoms with Gasteiger partial charge in [-0.3, -0.25) is 9.59 Å². The number of carbonyl (C=O) groups is 1. The number of fused-ring (bicyclic) bond motifs is 2. The van der Waals surface area contributed by atoms with Crippen molar-refractivity contribution in [3.8, 4) is 17.2 Å². The maximum Gasteiger partial charge on any atom is 0.290 e. The van der Waals surface area contributed by atoms with Gasteiger partial charge in [-0.05, 0) is 53.9 Å². The van der Waals surface area contributed by atoms with Gasteiger partial charge in [0.15, 0.2) is 16.9 Å². The summed E-state index contributed by atoms with van der Waals surface area (Å²) in [5.74, 6) is 0.970. The Hall–Kier alpha value is -4.26. The molecule has 7 nitrogen and oxygen atoms in total. The predicted molar refractivity (Wildman–Crippen MR) is 127 cm³/mol. The van der Waals surface area contributed by atoms with Gasteiger partial charge in [0, 0.05) is 6.54 Å². The predicted octanol–water partition coefficient (Wildman–Crippen LogP) is 4.30. The smallest absolute Gasteiger partial charge is 0.290 e. The first-order chi connectivity index (χ1) is 16.5. The number of hydrogen-bond acceptors (Lipinski definition) is 6. The Morgan fingerprint density at radius 2 is 1.74 bits per heavy atom. The van der Waals surface area contributed by atoms with Crippen molar-refractivity contribution in [2.24, 2.45) is 0 Å². The van der Waals surface area contributed by atoms with Gasteiger partial charge in [0.2, 0.25) is 5.76 Å². The molecule has 0 bridgehead atoms. The number of nitrogens with zero attached hydrogens (tertiary/aromatic N) is 1. The molecule has 3 aromatic carbocycles. The molecule has 0 fully saturated rings. The first-order valence-electron chi connectivity index (χ1n) is 10.9. The molecule has 0 spiro atoms. The van der Waals surface area contributed by atoms with E-state index in [0.29, 0.717) is 46.6 Å². The van der Waals surface area contributed by atoms with Crippen LogP contribution in [0.15, 0.2) is 75.9 Å². The van der Waals surface area contributed by atoms with Gasteiger partial charge < -0.3 is 23.9 Å². The summed E-state index contributed by atoms with van der Waals surface area (Å²) in [5.41, 5.74) is 2.01. The number of benzene rings is 3. The second kappa shape index (κ2) is 8.59. The first-order valence-corrected chi connectivity index (χ1v) is 10.9. The summed E-state index contributed by atoms with van der Waals surface area (Å²) in [6.45, 7) is 0.328. The summed E-state index contributed by atoms with van der Waals surface area (Å²) in [5, 5.41) is 10.5. The Bertz CT molecular complexity index is 1460. The summed E-state index contributed by atoms with van der Waals surface area (Å²) in [7, 11) is 3.15. The van der Waals surface area contributed by atoms with E-state index < -0.39 is 6.04 Å². The normalized spacial score (nSPS) is 14.9. The lowest BCUT2D eigenvalue weighted by molar-refractivity contribution is 0.0730. The van der Waals surface area contributed by atoms with Crippen LogP contribution in [0.3, 0.4) is 0 Å². The monoisotopic (exact) mass is 457 g/mol. The highest BCUT2D eigenvalue weighted by Gasteiger charge is 2.42. The Labute approximate surface area is 195 Å². The fourth-order valence-corrected chi connectivity index (χ4v) is 4.52. The van der Waals surface area contributed by atoms with Crippen LogP contribution in [0.2, 0.25) is 0 Å². The van der Waals surface area contributed by atoms with Gasteiger partial charge in [-0.2, -0.15) is 0 Å². The van der Waals surface area contributed by atoms with Gasteiger partial charge in [-0.1, -0.05) is 30.3 Å². The van der Waals surface area contributed by atoms with E-state index >= 15 is 0 Å². The summed E-state index contributed by atoms with van der Waals surface area (Å²) in [6, 6.07) is 18.5. The molecule has 2 heterocycles. The quantitative estimate of drug-likeness (QED) is 0.464. The van der Waals surface area contributed by atoms with E-state index in [2.05, 4.69) is 0 Å². The number of para-hydroxylation sites is 1. The molecular formula is C27H23NO6. The molecule has 0 saturated heterocycles. The van der Waals surface area contributed by atoms with Gasteiger partial charge in [0.1, 0.15) is 11.3 Å². The maximum absolute atomic E-state index is 13.5. The van der Waals surface area contributed by atoms with Crippen LogP contribution < -0.4 is 14.9 Å². The van der Waals surface area contributed by atoms with Gasteiger partial charge in [-0.25, -0.2) is 0 Å². The third-order valence-electron chi connectivity index (χ3n) is 6.15. The maximum atomic E-state index is 13.5. The lowest BCUT2D eigenvalue weighted by Gasteiger charge is -2.25. The van der Waals surface area contributed by atoms with Crippen LogP contribution in [0.25, 0.3) is 11.0 Å². The standard InChI is InChI=1S/C27H23NO6/c1-32-21-11-10-16(14-22(21)33-2)12-13-28-24(17-6-5-7-18(29)15-17)23-25(30)19-8-3-4-9-20(19)34-26(23)27(28)31/h3-11,14-15,24,29H,12-13H2,1-2H3/t24-/m1/s1. The molecule has 1 aliphatic heterocycles. The Morgan fingerprint density at radius 1 is 0.941 bits per heavy atom. The molecule has 34 heavy (non-hydrogen) atoms. The minimum absolute atomic E-state index is 0.0457. The number of phenolic OH excluding ortho intramolecular Hbond substituents is 1. The zero-order chi connectivity index (χ0) is 23.8. The highest BCUT2D eigenvalue weighted by atomic mass is 16.5. The summed E-state index contributed by atoms with van der Waals surface area (Å²) < 4.78 is 16.6. The molecule has 0 aliphatic carbocycles. The fourth-order valence-electron chi connectivity index (χ4n) is 4.52. The Balaban J connectivity index is 1.58. The number of amides is 1. The van der Waals surface area contributed by atoms with E-state index in [9.17, 15) is 14.7 Å². The molecule has 0 saturated carbocycles. The topological polar surface area (TPSA) is 89.2 Å². The average Bonchev–Trinajstić information content (AvgIpc) is 3.14. The fraction of sp³-hybridized carbons (Fsp3) is 0.185. The zero-order valence-electron chi connectivity index (χ0n) is 18.8. The molecule has 0 unspecified atom stereocenters. The molecule has 1 aliphatic rings. The molecule has 5 rings (SSSR count). The lowest BCUT2D eigenvalue weighted by Crippen LogP contribution is -2.31. The van der Waals surface area contributed by atoms with Crippen molar-refractivity contribution >= 4 is 16.9 Å². The SMILES string of the molecule is COc1ccc(CCN2C(=O)c3oc4ccccc4c(=O)c3[C@H]2c2cccc(O)c2)cc1OC. The minimum atomic E-state index is -0.671. The molecule has 172 valence electrons. The second-order valence-corrected chi connectivity index (χ2v) is 8.11. The number of phenols is 1. The van der Waals surface area contributed by atoms with Crippen molar-refractivity contribution in [1.82, 2.24) is 4.90 Å². The van der Waals surface area contributed by atoms with Crippen LogP contribution in [-0.2, 0) is 6.42 Å². The molecule has 1 amide bonds. The number of carbonyl (C=O) groups excluding carboxylic acids is 1. The van der Waals surface area contributed by atoms with Gasteiger partial charge >= 0.3 is 0 Å². The van der Waals surface area contributed by atoms with Crippen LogP contribution in [-0.4, -0.2) is 36.7 Å². The van der Waals surface area contributed by atoms with Crippen LogP contribution in [0.5, 0.6) is 17.2 Å². The van der Waals surface area contributed by atoms with Crippen molar-refractivity contribution in [3.63, 3.8) is 0 Å². The molecule has 1 aromatic heterocycles. The van der Waals surface area contributed by atoms with Crippen LogP contribution >= 0.6 is 0 Å². The number of ether oxygens (including phenoxy) is 2. The van der Waals surface area contributed by atoms with Crippen molar-refractivity contribution < 1.29 is 23.8 Å². The highest BCUT2D eigenvalue weighted by Crippen LogP contribution is 2.39. The summed E-state index contributed by atoms with van der Waals surface area (Å²) >= 11 is 0. The number of methoxy groups -OCH3 is 2. The summed E-state index contributed by atoms with van der Waals surface area (Å²) in [4.78, 5) is 28.6. The largest absolute Gasteiger partial charge is 0.508 e. The van der Waals surface area contributed by atoms with E-state index in [1.54, 1.807) is 67.7 Å². The average molecular weight is 457 g/mol. The Morgan fingerprint density at radius 3 is 2.50 bits per heavy atom. The van der Waals surface area contributed by atoms with E-state index in [1.165, 1.54) is 0 Å². The van der Waals surface area contributed by atoms with Gasteiger partial charge in [0.05, 0.1) is 31.2 Å². The van der Waals surface area contributed by atoms with Gasteiger partial charge in [-0.15, -0.1) is 0 Å². The van der Waals surface area contributed by atoms with Crippen molar-refractivity contribution in [1.29, 1.82) is 0 Å². The van der Waals surface area contributed by atoms with Crippen molar-refractivity contribution in [2.75, 3.05) is 20.8 Å². The zero-order valence-corrected chi connectivity index (χ0v) is 18.8. The van der Waals surface area contributed by atoms with E-state index in [4.69, 9.17) is 13.9 Å².